The summed E-state index contributed by atoms with van der Waals surface area (Å²) in [5.74, 6) is -0.199. The third-order valence-corrected chi connectivity index (χ3v) is 6.17. The molecule has 0 radical (unpaired) electrons. The maximum Gasteiger partial charge on any atom is 0.340 e. The monoisotopic (exact) mass is 479 g/mol. The van der Waals surface area contributed by atoms with Gasteiger partial charge in [0.1, 0.15) is 17.1 Å². The minimum absolute atomic E-state index is 0.0610. The van der Waals surface area contributed by atoms with Crippen molar-refractivity contribution in [3.05, 3.63) is 119 Å². The Balaban J connectivity index is 1.68. The summed E-state index contributed by atoms with van der Waals surface area (Å²) in [4.78, 5) is 26.6. The van der Waals surface area contributed by atoms with Gasteiger partial charge in [-0.2, -0.15) is 0 Å². The zero-order chi connectivity index (χ0) is 25.1. The molecule has 1 aliphatic rings. The van der Waals surface area contributed by atoms with Crippen LogP contribution in [0.4, 0.5) is 0 Å². The molecule has 1 amide bonds. The first kappa shape index (κ1) is 23.2. The Morgan fingerprint density at radius 1 is 0.889 bits per heavy atom. The molecule has 0 saturated carbocycles. The van der Waals surface area contributed by atoms with Crippen LogP contribution in [-0.2, 0) is 9.53 Å². The molecule has 1 N–H and O–H groups in total. The highest BCUT2D eigenvalue weighted by molar-refractivity contribution is 6.00. The van der Waals surface area contributed by atoms with Gasteiger partial charge in [-0.15, -0.1) is 0 Å². The van der Waals surface area contributed by atoms with Crippen LogP contribution in [0.3, 0.4) is 0 Å². The summed E-state index contributed by atoms with van der Waals surface area (Å²) in [6.45, 7) is 1.94. The summed E-state index contributed by atoms with van der Waals surface area (Å²) < 4.78 is 16.9. The molecule has 0 spiro atoms. The molecule has 4 aromatic carbocycles. The molecule has 180 valence electrons. The van der Waals surface area contributed by atoms with Gasteiger partial charge in [0, 0.05) is 11.1 Å². The fourth-order valence-corrected chi connectivity index (χ4v) is 4.51. The van der Waals surface area contributed by atoms with Crippen molar-refractivity contribution >= 4 is 22.6 Å². The number of rotatable bonds is 6. The Labute approximate surface area is 209 Å². The highest BCUT2D eigenvalue weighted by Crippen LogP contribution is 2.46. The maximum atomic E-state index is 13.4. The van der Waals surface area contributed by atoms with Crippen molar-refractivity contribution in [1.82, 2.24) is 5.32 Å². The minimum atomic E-state index is -0.546. The van der Waals surface area contributed by atoms with Gasteiger partial charge >= 0.3 is 5.97 Å². The summed E-state index contributed by atoms with van der Waals surface area (Å²) in [6.07, 6.45) is 0. The maximum absolute atomic E-state index is 13.4. The normalized spacial score (nSPS) is 14.6. The largest absolute Gasteiger partial charge is 0.497 e. The van der Waals surface area contributed by atoms with Crippen LogP contribution in [0.25, 0.3) is 10.8 Å². The average Bonchev–Trinajstić information content (AvgIpc) is 2.92. The van der Waals surface area contributed by atoms with E-state index < -0.39 is 17.8 Å². The average molecular weight is 480 g/mol. The molecule has 0 saturated heterocycles. The summed E-state index contributed by atoms with van der Waals surface area (Å²) in [6, 6.07) is 28.2. The van der Waals surface area contributed by atoms with Gasteiger partial charge < -0.3 is 14.2 Å². The van der Waals surface area contributed by atoms with Crippen molar-refractivity contribution < 1.29 is 23.8 Å². The van der Waals surface area contributed by atoms with Crippen LogP contribution in [0.2, 0.25) is 0 Å². The first-order chi connectivity index (χ1) is 17.6. The number of benzene rings is 4. The van der Waals surface area contributed by atoms with E-state index in [4.69, 9.17) is 14.2 Å². The van der Waals surface area contributed by atoms with Gasteiger partial charge in [-0.05, 0) is 53.6 Å². The summed E-state index contributed by atoms with van der Waals surface area (Å²) >= 11 is 0. The number of methoxy groups -OCH3 is 1. The molecule has 5 rings (SSSR count). The molecule has 1 atom stereocenters. The quantitative estimate of drug-likeness (QED) is 0.366. The van der Waals surface area contributed by atoms with Gasteiger partial charge in [0.25, 0.3) is 5.91 Å². The second kappa shape index (κ2) is 9.96. The Morgan fingerprint density at radius 2 is 1.61 bits per heavy atom. The van der Waals surface area contributed by atoms with Crippen molar-refractivity contribution in [1.29, 1.82) is 0 Å². The van der Waals surface area contributed by atoms with Gasteiger partial charge in [0.2, 0.25) is 5.88 Å². The fourth-order valence-electron chi connectivity index (χ4n) is 4.51. The van der Waals surface area contributed by atoms with Gasteiger partial charge in [0.15, 0.2) is 0 Å². The molecule has 36 heavy (non-hydrogen) atoms. The highest BCUT2D eigenvalue weighted by Gasteiger charge is 2.38. The lowest BCUT2D eigenvalue weighted by atomic mass is 9.80. The first-order valence-electron chi connectivity index (χ1n) is 11.7. The predicted octanol–water partition coefficient (Wildman–Crippen LogP) is 5.58. The second-order valence-corrected chi connectivity index (χ2v) is 8.29. The lowest BCUT2D eigenvalue weighted by Gasteiger charge is -2.31. The number of carbonyl (C=O) groups excluding carboxylic acids is 2. The van der Waals surface area contributed by atoms with Crippen LogP contribution < -0.4 is 14.8 Å². The molecular formula is C30H25NO5. The molecule has 0 fully saturated rings. The van der Waals surface area contributed by atoms with Crippen LogP contribution in [0.1, 0.15) is 34.3 Å². The van der Waals surface area contributed by atoms with Crippen molar-refractivity contribution in [2.75, 3.05) is 13.7 Å². The van der Waals surface area contributed by atoms with Crippen LogP contribution in [0, 0.1) is 0 Å². The zero-order valence-electron chi connectivity index (χ0n) is 20.0. The Hall–Kier alpha value is -4.58. The third kappa shape index (κ3) is 4.29. The van der Waals surface area contributed by atoms with Gasteiger partial charge in [-0.3, -0.25) is 10.1 Å². The van der Waals surface area contributed by atoms with Gasteiger partial charge in [0.05, 0.1) is 19.6 Å². The Bertz CT molecular complexity index is 1460. The van der Waals surface area contributed by atoms with E-state index in [1.54, 1.807) is 38.3 Å². The van der Waals surface area contributed by atoms with E-state index in [0.29, 0.717) is 17.1 Å². The van der Waals surface area contributed by atoms with E-state index in [0.717, 1.165) is 21.9 Å². The molecule has 0 bridgehead atoms. The van der Waals surface area contributed by atoms with E-state index >= 15 is 0 Å². The number of hydrogen-bond acceptors (Lipinski definition) is 5. The predicted molar refractivity (Wildman–Crippen MR) is 137 cm³/mol. The smallest absolute Gasteiger partial charge is 0.340 e. The first-order valence-corrected chi connectivity index (χ1v) is 11.7. The van der Waals surface area contributed by atoms with Crippen LogP contribution in [0.15, 0.2) is 102 Å². The number of nitrogens with one attached hydrogen (secondary N) is 1. The topological polar surface area (TPSA) is 73.9 Å². The molecule has 6 nitrogen and oxygen atoms in total. The number of ether oxygens (including phenoxy) is 3. The highest BCUT2D eigenvalue weighted by atomic mass is 16.5. The van der Waals surface area contributed by atoms with Crippen LogP contribution in [0.5, 0.6) is 11.5 Å². The van der Waals surface area contributed by atoms with Crippen molar-refractivity contribution in [2.45, 2.75) is 12.8 Å². The lowest BCUT2D eigenvalue weighted by molar-refractivity contribution is -0.139. The lowest BCUT2D eigenvalue weighted by Crippen LogP contribution is -2.34. The summed E-state index contributed by atoms with van der Waals surface area (Å²) in [5, 5.41) is 4.81. The van der Waals surface area contributed by atoms with E-state index in [1.807, 2.05) is 66.7 Å². The standard InChI is InChI=1S/C30H25NO5/c1-3-35-30(33)27-25(20-10-5-4-6-11-20)26-23-12-8-7-9-19(23)15-18-24(26)36-29(27)31-28(32)21-13-16-22(34-2)17-14-21/h4-18,25H,3H2,1-2H3,(H,31,32). The van der Waals surface area contributed by atoms with Crippen LogP contribution >= 0.6 is 0 Å². The number of fused-ring (bicyclic) bond motifs is 3. The van der Waals surface area contributed by atoms with Crippen molar-refractivity contribution in [3.63, 3.8) is 0 Å². The molecular weight excluding hydrogens is 454 g/mol. The molecule has 1 aliphatic heterocycles. The number of amides is 1. The van der Waals surface area contributed by atoms with Gasteiger partial charge in [-0.1, -0.05) is 60.7 Å². The number of esters is 1. The second-order valence-electron chi connectivity index (χ2n) is 8.29. The molecule has 1 unspecified atom stereocenters. The molecule has 0 aliphatic carbocycles. The van der Waals surface area contributed by atoms with Crippen LogP contribution in [-0.4, -0.2) is 25.6 Å². The molecule has 0 aromatic heterocycles. The Kier molecular flexibility index (Phi) is 6.41. The van der Waals surface area contributed by atoms with E-state index in [1.165, 1.54) is 0 Å². The number of carbonyl (C=O) groups is 2. The van der Waals surface area contributed by atoms with Crippen molar-refractivity contribution in [2.24, 2.45) is 0 Å². The molecule has 6 heteroatoms. The van der Waals surface area contributed by atoms with E-state index in [2.05, 4.69) is 5.32 Å². The third-order valence-electron chi connectivity index (χ3n) is 6.17. The Morgan fingerprint density at radius 3 is 2.33 bits per heavy atom. The van der Waals surface area contributed by atoms with Crippen molar-refractivity contribution in [3.8, 4) is 11.5 Å². The SMILES string of the molecule is CCOC(=O)C1=C(NC(=O)c2ccc(OC)cc2)Oc2ccc3ccccc3c2C1c1ccccc1. The summed E-state index contributed by atoms with van der Waals surface area (Å²) in [7, 11) is 1.56. The fraction of sp³-hybridized carbons (Fsp3) is 0.133. The van der Waals surface area contributed by atoms with E-state index in [9.17, 15) is 9.59 Å². The number of hydrogen-bond donors (Lipinski definition) is 1. The molecule has 4 aromatic rings. The minimum Gasteiger partial charge on any atom is -0.497 e. The van der Waals surface area contributed by atoms with Gasteiger partial charge in [-0.25, -0.2) is 4.79 Å². The summed E-state index contributed by atoms with van der Waals surface area (Å²) in [5.41, 5.74) is 2.38. The zero-order valence-corrected chi connectivity index (χ0v) is 20.0. The molecule has 1 heterocycles. The van der Waals surface area contributed by atoms with E-state index in [-0.39, 0.29) is 18.1 Å².